The molecule has 1 rings (SSSR count). The highest BCUT2D eigenvalue weighted by Crippen LogP contribution is 2.18. The normalized spacial score (nSPS) is 11.4. The zero-order valence-electron chi connectivity index (χ0n) is 12.3. The standard InChI is InChI=1S/C14H24N2O2S.ClH/c1-4-8-15-9-10-16-19(17,18)14-7-5-6-13(11-14)12(2)3;/h5-7,11-12,15-16H,4,8-10H2,1-3H3;1H. The van der Waals surface area contributed by atoms with Crippen LogP contribution in [0.1, 0.15) is 38.7 Å². The molecule has 0 amide bonds. The average molecular weight is 321 g/mol. The van der Waals surface area contributed by atoms with Crippen LogP contribution in [0.15, 0.2) is 29.2 Å². The number of halogens is 1. The third kappa shape index (κ3) is 6.22. The van der Waals surface area contributed by atoms with E-state index in [4.69, 9.17) is 0 Å². The first-order valence-corrected chi connectivity index (χ1v) is 8.26. The van der Waals surface area contributed by atoms with E-state index in [-0.39, 0.29) is 12.4 Å². The van der Waals surface area contributed by atoms with Gasteiger partial charge >= 0.3 is 0 Å². The number of hydrogen-bond donors (Lipinski definition) is 2. The molecule has 0 spiro atoms. The second-order valence-electron chi connectivity index (χ2n) is 4.87. The third-order valence-electron chi connectivity index (χ3n) is 2.86. The first kappa shape index (κ1) is 19.4. The summed E-state index contributed by atoms with van der Waals surface area (Å²) in [5.74, 6) is 0.321. The van der Waals surface area contributed by atoms with Crippen LogP contribution in [0.4, 0.5) is 0 Å². The molecule has 0 saturated carbocycles. The highest BCUT2D eigenvalue weighted by atomic mass is 35.5. The van der Waals surface area contributed by atoms with Gasteiger partial charge in [0.05, 0.1) is 4.90 Å². The first-order valence-electron chi connectivity index (χ1n) is 6.77. The van der Waals surface area contributed by atoms with Crippen molar-refractivity contribution < 1.29 is 8.42 Å². The zero-order chi connectivity index (χ0) is 14.3. The Balaban J connectivity index is 0.00000361. The lowest BCUT2D eigenvalue weighted by Crippen LogP contribution is -2.32. The quantitative estimate of drug-likeness (QED) is 0.724. The molecule has 1 aromatic carbocycles. The summed E-state index contributed by atoms with van der Waals surface area (Å²) in [7, 11) is -3.39. The van der Waals surface area contributed by atoms with E-state index in [1.165, 1.54) is 0 Å². The average Bonchev–Trinajstić information content (AvgIpc) is 2.38. The Hall–Kier alpha value is -0.620. The van der Waals surface area contributed by atoms with Gasteiger partial charge in [0.2, 0.25) is 10.0 Å². The van der Waals surface area contributed by atoms with Crippen LogP contribution in [0.3, 0.4) is 0 Å². The van der Waals surface area contributed by atoms with Gasteiger partial charge in [0.1, 0.15) is 0 Å². The predicted molar refractivity (Wildman–Crippen MR) is 86.1 cm³/mol. The Bertz CT molecular complexity index is 490. The highest BCUT2D eigenvalue weighted by molar-refractivity contribution is 7.89. The monoisotopic (exact) mass is 320 g/mol. The van der Waals surface area contributed by atoms with Gasteiger partial charge < -0.3 is 5.32 Å². The number of rotatable bonds is 8. The molecule has 0 heterocycles. The minimum Gasteiger partial charge on any atom is -0.315 e. The Morgan fingerprint density at radius 1 is 1.15 bits per heavy atom. The van der Waals surface area contributed by atoms with Crippen LogP contribution in [-0.4, -0.2) is 28.1 Å². The summed E-state index contributed by atoms with van der Waals surface area (Å²) >= 11 is 0. The summed E-state index contributed by atoms with van der Waals surface area (Å²) < 4.78 is 26.8. The molecule has 0 fully saturated rings. The Morgan fingerprint density at radius 3 is 2.45 bits per heavy atom. The molecular weight excluding hydrogens is 296 g/mol. The van der Waals surface area contributed by atoms with Crippen LogP contribution in [0, 0.1) is 0 Å². The molecular formula is C14H25ClN2O2S. The van der Waals surface area contributed by atoms with E-state index in [0.717, 1.165) is 18.5 Å². The smallest absolute Gasteiger partial charge is 0.240 e. The molecule has 0 aliphatic rings. The lowest BCUT2D eigenvalue weighted by molar-refractivity contribution is 0.575. The van der Waals surface area contributed by atoms with Gasteiger partial charge in [-0.25, -0.2) is 13.1 Å². The third-order valence-corrected chi connectivity index (χ3v) is 4.31. The minimum atomic E-state index is -3.39. The summed E-state index contributed by atoms with van der Waals surface area (Å²) in [5.41, 5.74) is 1.03. The van der Waals surface area contributed by atoms with Crippen molar-refractivity contribution in [3.8, 4) is 0 Å². The predicted octanol–water partition coefficient (Wildman–Crippen LogP) is 2.51. The second-order valence-corrected chi connectivity index (χ2v) is 6.64. The van der Waals surface area contributed by atoms with E-state index in [1.54, 1.807) is 18.2 Å². The number of benzene rings is 1. The molecule has 0 radical (unpaired) electrons. The van der Waals surface area contributed by atoms with Crippen molar-refractivity contribution in [2.24, 2.45) is 0 Å². The molecule has 116 valence electrons. The van der Waals surface area contributed by atoms with Crippen LogP contribution < -0.4 is 10.0 Å². The maximum atomic E-state index is 12.1. The van der Waals surface area contributed by atoms with Crippen LogP contribution in [0.5, 0.6) is 0 Å². The van der Waals surface area contributed by atoms with Crippen LogP contribution in [0.2, 0.25) is 0 Å². The second kappa shape index (κ2) is 9.34. The fourth-order valence-corrected chi connectivity index (χ4v) is 2.79. The molecule has 0 aliphatic heterocycles. The summed E-state index contributed by atoms with van der Waals surface area (Å²) in [6.45, 7) is 8.14. The van der Waals surface area contributed by atoms with Crippen molar-refractivity contribution in [1.29, 1.82) is 0 Å². The molecule has 20 heavy (non-hydrogen) atoms. The van der Waals surface area contributed by atoms with Gasteiger partial charge in [0.25, 0.3) is 0 Å². The van der Waals surface area contributed by atoms with E-state index < -0.39 is 10.0 Å². The Labute approximate surface area is 128 Å². The molecule has 0 unspecified atom stereocenters. The molecule has 0 saturated heterocycles. The number of sulfonamides is 1. The van der Waals surface area contributed by atoms with E-state index in [1.807, 2.05) is 19.9 Å². The zero-order valence-corrected chi connectivity index (χ0v) is 14.0. The summed E-state index contributed by atoms with van der Waals surface area (Å²) in [5, 5.41) is 3.16. The van der Waals surface area contributed by atoms with Gasteiger partial charge in [0.15, 0.2) is 0 Å². The summed E-state index contributed by atoms with van der Waals surface area (Å²) in [6.07, 6.45) is 1.04. The van der Waals surface area contributed by atoms with Crippen molar-refractivity contribution >= 4 is 22.4 Å². The Kier molecular flexibility index (Phi) is 9.05. The van der Waals surface area contributed by atoms with Crippen molar-refractivity contribution in [3.05, 3.63) is 29.8 Å². The van der Waals surface area contributed by atoms with Gasteiger partial charge in [-0.15, -0.1) is 12.4 Å². The van der Waals surface area contributed by atoms with Crippen molar-refractivity contribution in [1.82, 2.24) is 10.0 Å². The van der Waals surface area contributed by atoms with Gasteiger partial charge in [-0.2, -0.15) is 0 Å². The van der Waals surface area contributed by atoms with Crippen molar-refractivity contribution in [2.75, 3.05) is 19.6 Å². The van der Waals surface area contributed by atoms with Crippen LogP contribution >= 0.6 is 12.4 Å². The maximum absolute atomic E-state index is 12.1. The van der Waals surface area contributed by atoms with Crippen LogP contribution in [-0.2, 0) is 10.0 Å². The summed E-state index contributed by atoms with van der Waals surface area (Å²) in [4.78, 5) is 0.342. The molecule has 6 heteroatoms. The molecule has 1 aromatic rings. The maximum Gasteiger partial charge on any atom is 0.240 e. The van der Waals surface area contributed by atoms with Gasteiger partial charge in [0, 0.05) is 13.1 Å². The Morgan fingerprint density at radius 2 is 1.85 bits per heavy atom. The van der Waals surface area contributed by atoms with Crippen LogP contribution in [0.25, 0.3) is 0 Å². The first-order chi connectivity index (χ1) is 8.97. The number of hydrogen-bond acceptors (Lipinski definition) is 3. The van der Waals surface area contributed by atoms with Gasteiger partial charge in [-0.3, -0.25) is 0 Å². The fourth-order valence-electron chi connectivity index (χ4n) is 1.70. The lowest BCUT2D eigenvalue weighted by Gasteiger charge is -2.10. The largest absolute Gasteiger partial charge is 0.315 e. The van der Waals surface area contributed by atoms with E-state index in [0.29, 0.717) is 23.9 Å². The molecule has 4 nitrogen and oxygen atoms in total. The van der Waals surface area contributed by atoms with Crippen molar-refractivity contribution in [3.63, 3.8) is 0 Å². The molecule has 0 aromatic heterocycles. The SMILES string of the molecule is CCCNCCNS(=O)(=O)c1cccc(C(C)C)c1.Cl. The topological polar surface area (TPSA) is 58.2 Å². The molecule has 0 aliphatic carbocycles. The van der Waals surface area contributed by atoms with E-state index in [9.17, 15) is 8.42 Å². The fraction of sp³-hybridized carbons (Fsp3) is 0.571. The van der Waals surface area contributed by atoms with Gasteiger partial charge in [-0.1, -0.05) is 32.9 Å². The van der Waals surface area contributed by atoms with E-state index in [2.05, 4.69) is 17.0 Å². The van der Waals surface area contributed by atoms with E-state index >= 15 is 0 Å². The number of nitrogens with one attached hydrogen (secondary N) is 2. The molecule has 0 bridgehead atoms. The lowest BCUT2D eigenvalue weighted by atomic mass is 10.0. The van der Waals surface area contributed by atoms with Crippen molar-refractivity contribution in [2.45, 2.75) is 38.0 Å². The van der Waals surface area contributed by atoms with Gasteiger partial charge in [-0.05, 0) is 36.6 Å². The molecule has 2 N–H and O–H groups in total. The highest BCUT2D eigenvalue weighted by Gasteiger charge is 2.14. The minimum absolute atomic E-state index is 0. The summed E-state index contributed by atoms with van der Waals surface area (Å²) in [6, 6.07) is 7.12. The molecule has 0 atom stereocenters.